The van der Waals surface area contributed by atoms with E-state index in [9.17, 15) is 23.6 Å². The molecule has 188 valence electrons. The summed E-state index contributed by atoms with van der Waals surface area (Å²) in [7, 11) is 1.13. The minimum Gasteiger partial charge on any atom is -0.463 e. The molecule has 2 heterocycles. The summed E-state index contributed by atoms with van der Waals surface area (Å²) in [5, 5.41) is 6.90. The fraction of sp³-hybridized carbons (Fsp3) is 0.429. The average molecular weight is 494 g/mol. The lowest BCUT2D eigenvalue weighted by Gasteiger charge is -2.23. The Morgan fingerprint density at radius 1 is 1.09 bits per heavy atom. The van der Waals surface area contributed by atoms with Crippen LogP contribution in [-0.2, 0) is 38.1 Å². The quantitative estimate of drug-likeness (QED) is 0.415. The molecule has 1 aromatic heterocycles. The number of ether oxygens (including phenoxy) is 5. The van der Waals surface area contributed by atoms with Gasteiger partial charge >= 0.3 is 23.9 Å². The highest BCUT2D eigenvalue weighted by molar-refractivity contribution is 5.85. The highest BCUT2D eigenvalue weighted by Gasteiger charge is 2.52. The van der Waals surface area contributed by atoms with Crippen LogP contribution in [0.1, 0.15) is 37.6 Å². The van der Waals surface area contributed by atoms with E-state index in [2.05, 4.69) is 20.1 Å². The number of benzene rings is 1. The molecule has 1 saturated heterocycles. The van der Waals surface area contributed by atoms with Crippen LogP contribution in [0.15, 0.2) is 24.3 Å². The number of methoxy groups -OCH3 is 1. The Hall–Kier alpha value is -4.07. The molecule has 0 amide bonds. The smallest absolute Gasteiger partial charge is 0.378 e. The van der Waals surface area contributed by atoms with Gasteiger partial charge in [0.15, 0.2) is 18.4 Å². The van der Waals surface area contributed by atoms with Gasteiger partial charge in [-0.25, -0.2) is 9.18 Å². The third kappa shape index (κ3) is 6.29. The SMILES string of the molecule is COC(=O)c1nc(Nc2cccc(F)c2)n([C@@H]2O[C@H](COC(C)=O)[C@@H](OC(C)=O)[C@H]2OC(C)=O)n1. The molecule has 1 aromatic carbocycles. The molecule has 0 saturated carbocycles. The molecule has 2 aromatic rings. The number of hydrogen-bond acceptors (Lipinski definition) is 12. The maximum Gasteiger partial charge on any atom is 0.378 e. The molecule has 0 aliphatic carbocycles. The van der Waals surface area contributed by atoms with Gasteiger partial charge in [-0.05, 0) is 18.2 Å². The zero-order chi connectivity index (χ0) is 25.7. The van der Waals surface area contributed by atoms with Gasteiger partial charge in [0.25, 0.3) is 5.82 Å². The second-order valence-electron chi connectivity index (χ2n) is 7.35. The summed E-state index contributed by atoms with van der Waals surface area (Å²) in [6.07, 6.45) is -4.85. The van der Waals surface area contributed by atoms with Crippen molar-refractivity contribution in [2.45, 2.75) is 45.3 Å². The number of nitrogens with zero attached hydrogens (tertiary/aromatic N) is 3. The minimum absolute atomic E-state index is 0.104. The monoisotopic (exact) mass is 494 g/mol. The summed E-state index contributed by atoms with van der Waals surface area (Å²) in [6, 6.07) is 5.38. The van der Waals surface area contributed by atoms with Crippen molar-refractivity contribution in [1.82, 2.24) is 14.8 Å². The first-order chi connectivity index (χ1) is 16.6. The number of carbonyl (C=O) groups excluding carboxylic acids is 4. The lowest BCUT2D eigenvalue weighted by atomic mass is 10.1. The molecule has 0 radical (unpaired) electrons. The van der Waals surface area contributed by atoms with Crippen molar-refractivity contribution >= 4 is 35.5 Å². The standard InChI is InChI=1S/C21H23FN4O9/c1-10(27)32-9-15-16(33-11(2)28)17(34-12(3)29)19(35-15)26-21(24-18(25-26)20(30)31-4)23-14-7-5-6-13(22)8-14/h5-8,15-17,19H,9H2,1-4H3,(H,23,24,25)/t15-,16-,17-,19-/m1/s1. The van der Waals surface area contributed by atoms with Gasteiger partial charge in [-0.15, -0.1) is 5.10 Å². The summed E-state index contributed by atoms with van der Waals surface area (Å²) in [4.78, 5) is 51.2. The summed E-state index contributed by atoms with van der Waals surface area (Å²) in [5.74, 6) is -3.98. The summed E-state index contributed by atoms with van der Waals surface area (Å²) in [5.41, 5.74) is 0.255. The number of halogens is 1. The van der Waals surface area contributed by atoms with E-state index in [1.165, 1.54) is 31.2 Å². The van der Waals surface area contributed by atoms with E-state index in [4.69, 9.17) is 18.9 Å². The van der Waals surface area contributed by atoms with Crippen LogP contribution in [0.5, 0.6) is 0 Å². The van der Waals surface area contributed by atoms with E-state index < -0.39 is 54.2 Å². The first-order valence-corrected chi connectivity index (χ1v) is 10.3. The van der Waals surface area contributed by atoms with Crippen LogP contribution < -0.4 is 5.32 Å². The van der Waals surface area contributed by atoms with E-state index in [0.717, 1.165) is 25.6 Å². The van der Waals surface area contributed by atoms with Crippen molar-refractivity contribution < 1.29 is 47.3 Å². The number of nitrogens with one attached hydrogen (secondary N) is 1. The molecule has 13 nitrogen and oxygen atoms in total. The third-order valence-electron chi connectivity index (χ3n) is 4.66. The maximum atomic E-state index is 13.7. The number of hydrogen-bond donors (Lipinski definition) is 1. The molecule has 4 atom stereocenters. The van der Waals surface area contributed by atoms with Crippen LogP contribution in [0.3, 0.4) is 0 Å². The molecular weight excluding hydrogens is 471 g/mol. The molecule has 1 N–H and O–H groups in total. The molecule has 35 heavy (non-hydrogen) atoms. The van der Waals surface area contributed by atoms with Gasteiger partial charge in [-0.1, -0.05) is 6.07 Å². The third-order valence-corrected chi connectivity index (χ3v) is 4.66. The highest BCUT2D eigenvalue weighted by Crippen LogP contribution is 2.36. The minimum atomic E-state index is -1.30. The van der Waals surface area contributed by atoms with E-state index in [0.29, 0.717) is 0 Å². The van der Waals surface area contributed by atoms with Gasteiger partial charge in [-0.2, -0.15) is 9.67 Å². The van der Waals surface area contributed by atoms with Crippen LogP contribution in [0.25, 0.3) is 0 Å². The maximum absolute atomic E-state index is 13.7. The normalized spacial score (nSPS) is 21.2. The molecule has 1 aliphatic heterocycles. The topological polar surface area (TPSA) is 157 Å². The fourth-order valence-electron chi connectivity index (χ4n) is 3.35. The lowest BCUT2D eigenvalue weighted by molar-refractivity contribution is -0.166. The summed E-state index contributed by atoms with van der Waals surface area (Å²) >= 11 is 0. The summed E-state index contributed by atoms with van der Waals surface area (Å²) in [6.45, 7) is 3.11. The van der Waals surface area contributed by atoms with Crippen molar-refractivity contribution in [3.8, 4) is 0 Å². The second kappa shape index (κ2) is 10.9. The van der Waals surface area contributed by atoms with Crippen molar-refractivity contribution in [3.63, 3.8) is 0 Å². The molecular formula is C21H23FN4O9. The highest BCUT2D eigenvalue weighted by atomic mass is 19.1. The molecule has 1 fully saturated rings. The van der Waals surface area contributed by atoms with Crippen molar-refractivity contribution in [3.05, 3.63) is 35.9 Å². The molecule has 1 aliphatic rings. The first kappa shape index (κ1) is 25.6. The molecule has 3 rings (SSSR count). The Kier molecular flexibility index (Phi) is 7.96. The Labute approximate surface area is 198 Å². The zero-order valence-electron chi connectivity index (χ0n) is 19.2. The largest absolute Gasteiger partial charge is 0.463 e. The van der Waals surface area contributed by atoms with Gasteiger partial charge < -0.3 is 29.0 Å². The van der Waals surface area contributed by atoms with Gasteiger partial charge in [0.2, 0.25) is 5.95 Å². The van der Waals surface area contributed by atoms with Crippen molar-refractivity contribution in [1.29, 1.82) is 0 Å². The van der Waals surface area contributed by atoms with Crippen LogP contribution in [-0.4, -0.2) is 70.7 Å². The lowest BCUT2D eigenvalue weighted by Crippen LogP contribution is -2.40. The molecule has 14 heteroatoms. The van der Waals surface area contributed by atoms with Crippen molar-refractivity contribution in [2.75, 3.05) is 19.0 Å². The van der Waals surface area contributed by atoms with Crippen LogP contribution >= 0.6 is 0 Å². The van der Waals surface area contributed by atoms with Crippen LogP contribution in [0.2, 0.25) is 0 Å². The molecule has 0 spiro atoms. The zero-order valence-corrected chi connectivity index (χ0v) is 19.2. The average Bonchev–Trinajstić information content (AvgIpc) is 3.32. The Bertz CT molecular complexity index is 1120. The summed E-state index contributed by atoms with van der Waals surface area (Å²) < 4.78 is 41.1. The van der Waals surface area contributed by atoms with Crippen molar-refractivity contribution in [2.24, 2.45) is 0 Å². The number of anilines is 2. The molecule has 0 unspecified atom stereocenters. The number of rotatable bonds is 8. The van der Waals surface area contributed by atoms with Gasteiger partial charge in [0, 0.05) is 26.5 Å². The Morgan fingerprint density at radius 3 is 2.37 bits per heavy atom. The second-order valence-corrected chi connectivity index (χ2v) is 7.35. The number of carbonyl (C=O) groups is 4. The Balaban J connectivity index is 2.06. The fourth-order valence-corrected chi connectivity index (χ4v) is 3.35. The Morgan fingerprint density at radius 2 is 1.77 bits per heavy atom. The van der Waals surface area contributed by atoms with Crippen LogP contribution in [0.4, 0.5) is 16.0 Å². The number of esters is 4. The van der Waals surface area contributed by atoms with E-state index >= 15 is 0 Å². The number of aromatic nitrogens is 3. The van der Waals surface area contributed by atoms with Gasteiger partial charge in [0.05, 0.1) is 7.11 Å². The van der Waals surface area contributed by atoms with Gasteiger partial charge in [0.1, 0.15) is 18.5 Å². The van der Waals surface area contributed by atoms with E-state index in [1.807, 2.05) is 0 Å². The first-order valence-electron chi connectivity index (χ1n) is 10.3. The van der Waals surface area contributed by atoms with Gasteiger partial charge in [-0.3, -0.25) is 14.4 Å². The predicted octanol–water partition coefficient (Wildman–Crippen LogP) is 1.27. The van der Waals surface area contributed by atoms with E-state index in [1.54, 1.807) is 0 Å². The predicted molar refractivity (Wildman–Crippen MR) is 113 cm³/mol. The van der Waals surface area contributed by atoms with E-state index in [-0.39, 0.29) is 24.1 Å². The van der Waals surface area contributed by atoms with Crippen LogP contribution in [0, 0.1) is 5.82 Å². The molecule has 0 bridgehead atoms.